The van der Waals surface area contributed by atoms with Gasteiger partial charge in [0.1, 0.15) is 0 Å². The summed E-state index contributed by atoms with van der Waals surface area (Å²) in [4.78, 5) is 94.9. The Morgan fingerprint density at radius 3 is 1.88 bits per heavy atom. The molecule has 1 N–H and O–H groups in total. The summed E-state index contributed by atoms with van der Waals surface area (Å²) in [7, 11) is 1.06. The number of aromatic amines is 1. The van der Waals surface area contributed by atoms with Crippen molar-refractivity contribution >= 4 is 42.1 Å². The number of esters is 6. The van der Waals surface area contributed by atoms with Crippen molar-refractivity contribution in [1.29, 1.82) is 0 Å². The minimum absolute atomic E-state index is 0.00617. The fraction of sp³-hybridized carbons (Fsp3) is 0.706. The molecule has 0 aliphatic rings. The van der Waals surface area contributed by atoms with E-state index in [1.54, 1.807) is 13.8 Å². The number of rotatable bonds is 26. The van der Waals surface area contributed by atoms with Crippen molar-refractivity contribution in [3.8, 4) is 0 Å². The zero-order valence-corrected chi connectivity index (χ0v) is 29.4. The lowest BCUT2D eigenvalue weighted by Gasteiger charge is -2.27. The number of imidazole rings is 1. The number of H-pyrrole nitrogens is 1. The van der Waals surface area contributed by atoms with Crippen LogP contribution in [0.25, 0.3) is 0 Å². The van der Waals surface area contributed by atoms with E-state index in [-0.39, 0.29) is 45.7 Å². The van der Waals surface area contributed by atoms with E-state index < -0.39 is 64.5 Å². The van der Waals surface area contributed by atoms with Gasteiger partial charge in [-0.15, -0.1) is 0 Å². The van der Waals surface area contributed by atoms with Crippen LogP contribution < -0.4 is 0 Å². The first-order valence-electron chi connectivity index (χ1n) is 17.0. The highest BCUT2D eigenvalue weighted by Crippen LogP contribution is 2.32. The number of carbonyl (C=O) groups is 6. The molecule has 1 heterocycles. The summed E-state index contributed by atoms with van der Waals surface area (Å²) in [5.41, 5.74) is -3.29. The van der Waals surface area contributed by atoms with E-state index >= 15 is 0 Å². The summed E-state index contributed by atoms with van der Waals surface area (Å²) in [6, 6.07) is 0. The van der Waals surface area contributed by atoms with Gasteiger partial charge < -0.3 is 33.4 Å². The van der Waals surface area contributed by atoms with Gasteiger partial charge in [-0.1, -0.05) is 65.7 Å². The highest BCUT2D eigenvalue weighted by Gasteiger charge is 2.57. The molecule has 0 fully saturated rings. The summed E-state index contributed by atoms with van der Waals surface area (Å²) in [6.45, 7) is 7.41. The predicted octanol–water partition coefficient (Wildman–Crippen LogP) is 4.49. The van der Waals surface area contributed by atoms with Crippen molar-refractivity contribution in [1.82, 2.24) is 9.97 Å². The van der Waals surface area contributed by atoms with Crippen LogP contribution in [0.4, 0.5) is 0 Å². The average molecular weight is 696 g/mol. The number of nitrogens with zero attached hydrogens (tertiary/aromatic N) is 1. The number of hydrogen-bond donors (Lipinski definition) is 1. The molecule has 0 amide bonds. The molecule has 1 aromatic rings. The largest absolute Gasteiger partial charge is 0.464 e. The first kappa shape index (κ1) is 42.7. The second-order valence-electron chi connectivity index (χ2n) is 11.2. The van der Waals surface area contributed by atoms with Crippen LogP contribution in [0.3, 0.4) is 0 Å². The molecule has 0 bridgehead atoms. The van der Waals surface area contributed by atoms with Crippen LogP contribution in [0.15, 0.2) is 0 Å². The minimum Gasteiger partial charge on any atom is -0.464 e. The van der Waals surface area contributed by atoms with E-state index in [1.807, 2.05) is 13.8 Å². The average Bonchev–Trinajstić information content (AvgIpc) is 3.54. The number of aromatic nitrogens is 2. The third-order valence-electron chi connectivity index (χ3n) is 7.39. The van der Waals surface area contributed by atoms with Gasteiger partial charge in [0, 0.05) is 0 Å². The van der Waals surface area contributed by atoms with Crippen LogP contribution in [0.1, 0.15) is 138 Å². The fourth-order valence-corrected chi connectivity index (χ4v) is 4.66. The molecule has 0 spiro atoms. The van der Waals surface area contributed by atoms with Crippen molar-refractivity contribution < 1.29 is 62.0 Å². The Hall–Kier alpha value is -4.30. The van der Waals surface area contributed by atoms with Gasteiger partial charge in [-0.25, -0.2) is 19.4 Å². The lowest BCUT2D eigenvalue weighted by molar-refractivity contribution is -0.185. The highest BCUT2D eigenvalue weighted by atomic mass is 16.6. The Balaban J connectivity index is 3.04. The minimum atomic E-state index is -2.28. The second kappa shape index (κ2) is 23.9. The van der Waals surface area contributed by atoms with Gasteiger partial charge in [-0.2, -0.15) is 0 Å². The maximum absolute atomic E-state index is 13.5. The smallest absolute Gasteiger partial charge is 0.360 e. The van der Waals surface area contributed by atoms with Crippen molar-refractivity contribution in [3.05, 3.63) is 17.2 Å². The van der Waals surface area contributed by atoms with E-state index in [1.165, 1.54) is 6.29 Å². The fourth-order valence-electron chi connectivity index (χ4n) is 4.66. The van der Waals surface area contributed by atoms with Gasteiger partial charge in [-0.05, 0) is 45.4 Å². The van der Waals surface area contributed by atoms with E-state index in [9.17, 15) is 33.6 Å². The number of carbonyl (C=O) groups excluding carboxylic acids is 7. The molecule has 0 aliphatic heterocycles. The van der Waals surface area contributed by atoms with Crippen LogP contribution in [-0.2, 0) is 52.4 Å². The van der Waals surface area contributed by atoms with E-state index in [4.69, 9.17) is 23.7 Å². The van der Waals surface area contributed by atoms with Gasteiger partial charge >= 0.3 is 35.8 Å². The first-order chi connectivity index (χ1) is 23.6. The number of hydrogen-bond acceptors (Lipinski definition) is 14. The molecule has 275 valence electrons. The van der Waals surface area contributed by atoms with E-state index in [0.29, 0.717) is 38.5 Å². The third kappa shape index (κ3) is 13.6. The molecule has 1 radical (unpaired) electrons. The van der Waals surface area contributed by atoms with Crippen LogP contribution in [0.2, 0.25) is 0 Å². The monoisotopic (exact) mass is 695 g/mol. The number of methoxy groups -OCH3 is 1. The number of ether oxygens (including phenoxy) is 6. The van der Waals surface area contributed by atoms with Crippen molar-refractivity contribution in [2.24, 2.45) is 5.41 Å². The zero-order chi connectivity index (χ0) is 36.7. The molecule has 0 saturated carbocycles. The maximum atomic E-state index is 13.5. The molecule has 1 rings (SSSR count). The molecule has 2 atom stereocenters. The topological polar surface area (TPSA) is 204 Å². The zero-order valence-electron chi connectivity index (χ0n) is 29.4. The Bertz CT molecular complexity index is 1230. The number of unbranched alkanes of at least 4 members (excludes halogenated alkanes) is 7. The van der Waals surface area contributed by atoms with Crippen LogP contribution >= 0.6 is 0 Å². The molecular weight excluding hydrogens is 644 g/mol. The predicted molar refractivity (Wildman–Crippen MR) is 173 cm³/mol. The van der Waals surface area contributed by atoms with Gasteiger partial charge in [0.25, 0.3) is 11.7 Å². The Labute approximate surface area is 287 Å². The maximum Gasteiger partial charge on any atom is 0.360 e. The molecule has 49 heavy (non-hydrogen) atoms. The summed E-state index contributed by atoms with van der Waals surface area (Å²) < 4.78 is 31.1. The van der Waals surface area contributed by atoms with Crippen molar-refractivity contribution in [2.75, 3.05) is 33.5 Å². The van der Waals surface area contributed by atoms with E-state index in [2.05, 4.69) is 14.7 Å². The molecule has 0 aromatic carbocycles. The molecular formula is C34H51N2O13. The van der Waals surface area contributed by atoms with E-state index in [0.717, 1.165) is 32.8 Å². The van der Waals surface area contributed by atoms with Gasteiger partial charge in [0.15, 0.2) is 23.3 Å². The summed E-state index contributed by atoms with van der Waals surface area (Å²) in [6.07, 6.45) is 6.34. The van der Waals surface area contributed by atoms with Crippen molar-refractivity contribution in [3.63, 3.8) is 0 Å². The molecule has 0 saturated heterocycles. The SMILES string of the molecule is CCCCCCOC(=O)C(CCCCCCC(OC(=O)c1nc([C]=O)[nH]c1C(=O)OC)C(=O)OCC)(C(=O)OCCC)C(=O)OCCCC. The molecule has 0 aliphatic carbocycles. The van der Waals surface area contributed by atoms with Crippen LogP contribution in [0.5, 0.6) is 0 Å². The first-order valence-corrected chi connectivity index (χ1v) is 17.0. The van der Waals surface area contributed by atoms with Gasteiger partial charge in [0.2, 0.25) is 0 Å². The molecule has 2 unspecified atom stereocenters. The quantitative estimate of drug-likeness (QED) is 0.0614. The molecule has 1 aromatic heterocycles. The summed E-state index contributed by atoms with van der Waals surface area (Å²) >= 11 is 0. The second-order valence-corrected chi connectivity index (χ2v) is 11.2. The van der Waals surface area contributed by atoms with Crippen LogP contribution in [-0.4, -0.2) is 91.7 Å². The lowest BCUT2D eigenvalue weighted by atomic mass is 9.82. The Morgan fingerprint density at radius 1 is 0.714 bits per heavy atom. The lowest BCUT2D eigenvalue weighted by Crippen LogP contribution is -2.49. The van der Waals surface area contributed by atoms with Gasteiger partial charge in [0.05, 0.1) is 33.5 Å². The third-order valence-corrected chi connectivity index (χ3v) is 7.39. The van der Waals surface area contributed by atoms with Crippen molar-refractivity contribution in [2.45, 2.75) is 117 Å². The normalized spacial score (nSPS) is 12.6. The molecule has 15 nitrogen and oxygen atoms in total. The van der Waals surface area contributed by atoms with Crippen LogP contribution in [0, 0.1) is 5.41 Å². The Morgan fingerprint density at radius 2 is 1.31 bits per heavy atom. The standard InChI is InChI=1S/C34H51N2O13/c1-6-10-12-17-22-48-33(43)34(31(41)46-20-8-3,32(42)47-21-11-7-2)19-16-14-13-15-18-24(28(38)45-9-4)49-30(40)27-26(29(39)44-5)35-25(23-37)36-27/h24H,6-22H2,1-5H3,(H,35,36). The number of nitrogens with one attached hydrogen (secondary N) is 1. The summed E-state index contributed by atoms with van der Waals surface area (Å²) in [5.74, 6) is -6.44. The van der Waals surface area contributed by atoms with Gasteiger partial charge in [-0.3, -0.25) is 19.2 Å². The highest BCUT2D eigenvalue weighted by molar-refractivity contribution is 6.18. The summed E-state index contributed by atoms with van der Waals surface area (Å²) in [5, 5.41) is 0. The molecule has 15 heteroatoms. The Kier molecular flexibility index (Phi) is 20.9.